The Morgan fingerprint density at radius 3 is 2.57 bits per heavy atom. The first-order valence-electron chi connectivity index (χ1n) is 2.61. The minimum absolute atomic E-state index is 0.919. The minimum Gasteiger partial charge on any atom is -0.305 e. The Bertz CT molecular complexity index is 57.1. The summed E-state index contributed by atoms with van der Waals surface area (Å²) in [5.74, 6) is 0. The van der Waals surface area contributed by atoms with Crippen LogP contribution >= 0.6 is 22.6 Å². The van der Waals surface area contributed by atoms with E-state index in [9.17, 15) is 0 Å². The standard InChI is InChI=1S/C5H10IN/c1-7-3-2-5(6)4-7/h5H,2-4H2,1H3/t5-/m0/s1. The maximum absolute atomic E-state index is 2.51. The van der Waals surface area contributed by atoms with Crippen LogP contribution in [0.4, 0.5) is 0 Å². The monoisotopic (exact) mass is 211 g/mol. The van der Waals surface area contributed by atoms with Gasteiger partial charge in [-0.3, -0.25) is 0 Å². The van der Waals surface area contributed by atoms with Gasteiger partial charge in [-0.1, -0.05) is 22.6 Å². The summed E-state index contributed by atoms with van der Waals surface area (Å²) in [6, 6.07) is 0. The Hall–Kier alpha value is 0.690. The molecule has 7 heavy (non-hydrogen) atoms. The molecule has 2 heteroatoms. The van der Waals surface area contributed by atoms with Crippen molar-refractivity contribution in [2.24, 2.45) is 0 Å². The zero-order valence-electron chi connectivity index (χ0n) is 4.52. The first-order valence-corrected chi connectivity index (χ1v) is 3.86. The second kappa shape index (κ2) is 2.31. The van der Waals surface area contributed by atoms with Crippen LogP contribution in [0, 0.1) is 0 Å². The third-order valence-corrected chi connectivity index (χ3v) is 2.35. The molecular weight excluding hydrogens is 201 g/mol. The van der Waals surface area contributed by atoms with Crippen molar-refractivity contribution in [2.45, 2.75) is 10.3 Å². The molecule has 1 rings (SSSR count). The van der Waals surface area contributed by atoms with Gasteiger partial charge in [-0.05, 0) is 20.0 Å². The smallest absolute Gasteiger partial charge is 0.0249 e. The highest BCUT2D eigenvalue weighted by atomic mass is 127. The van der Waals surface area contributed by atoms with Gasteiger partial charge < -0.3 is 4.90 Å². The molecule has 0 aliphatic carbocycles. The van der Waals surface area contributed by atoms with E-state index in [1.54, 1.807) is 0 Å². The van der Waals surface area contributed by atoms with Gasteiger partial charge in [-0.25, -0.2) is 0 Å². The molecule has 1 fully saturated rings. The van der Waals surface area contributed by atoms with E-state index >= 15 is 0 Å². The molecule has 0 saturated carbocycles. The second-order valence-corrected chi connectivity index (χ2v) is 3.91. The fourth-order valence-electron chi connectivity index (χ4n) is 0.881. The van der Waals surface area contributed by atoms with E-state index < -0.39 is 0 Å². The van der Waals surface area contributed by atoms with Crippen molar-refractivity contribution in [1.82, 2.24) is 4.90 Å². The van der Waals surface area contributed by atoms with Gasteiger partial charge in [0.25, 0.3) is 0 Å². The van der Waals surface area contributed by atoms with Crippen LogP contribution in [0.15, 0.2) is 0 Å². The van der Waals surface area contributed by atoms with Gasteiger partial charge in [0.1, 0.15) is 0 Å². The molecule has 1 atom stereocenters. The minimum atomic E-state index is 0.919. The lowest BCUT2D eigenvalue weighted by Gasteiger charge is -2.02. The molecule has 1 saturated heterocycles. The molecule has 0 aromatic rings. The number of rotatable bonds is 0. The van der Waals surface area contributed by atoms with Crippen molar-refractivity contribution >= 4 is 22.6 Å². The van der Waals surface area contributed by atoms with Gasteiger partial charge in [0.15, 0.2) is 0 Å². The topological polar surface area (TPSA) is 3.24 Å². The number of hydrogen-bond donors (Lipinski definition) is 0. The summed E-state index contributed by atoms with van der Waals surface area (Å²) in [6.07, 6.45) is 1.39. The molecule has 0 spiro atoms. The third-order valence-electron chi connectivity index (χ3n) is 1.33. The molecule has 0 amide bonds. The molecule has 1 nitrogen and oxygen atoms in total. The third kappa shape index (κ3) is 1.57. The Kier molecular flexibility index (Phi) is 1.92. The summed E-state index contributed by atoms with van der Waals surface area (Å²) in [5.41, 5.74) is 0. The maximum Gasteiger partial charge on any atom is 0.0249 e. The Morgan fingerprint density at radius 1 is 1.71 bits per heavy atom. The van der Waals surface area contributed by atoms with Crippen molar-refractivity contribution in [3.05, 3.63) is 0 Å². The predicted molar refractivity (Wildman–Crippen MR) is 39.9 cm³/mol. The molecule has 0 aromatic carbocycles. The average Bonchev–Trinajstić information content (AvgIpc) is 1.87. The highest BCUT2D eigenvalue weighted by Crippen LogP contribution is 2.14. The lowest BCUT2D eigenvalue weighted by Crippen LogP contribution is -2.13. The van der Waals surface area contributed by atoms with Gasteiger partial charge in [-0.15, -0.1) is 0 Å². The summed E-state index contributed by atoms with van der Waals surface area (Å²) >= 11 is 2.51. The van der Waals surface area contributed by atoms with Crippen LogP contribution in [0.1, 0.15) is 6.42 Å². The average molecular weight is 211 g/mol. The lowest BCUT2D eigenvalue weighted by molar-refractivity contribution is 0.420. The van der Waals surface area contributed by atoms with Crippen molar-refractivity contribution in [2.75, 3.05) is 20.1 Å². The van der Waals surface area contributed by atoms with E-state index in [1.165, 1.54) is 19.5 Å². The Labute approximate surface area is 58.2 Å². The lowest BCUT2D eigenvalue weighted by atomic mass is 10.4. The molecule has 1 aliphatic rings. The zero-order chi connectivity index (χ0) is 5.28. The zero-order valence-corrected chi connectivity index (χ0v) is 6.68. The van der Waals surface area contributed by atoms with Crippen LogP contribution in [0.25, 0.3) is 0 Å². The molecule has 1 aliphatic heterocycles. The fourth-order valence-corrected chi connectivity index (χ4v) is 1.83. The van der Waals surface area contributed by atoms with E-state index in [0.717, 1.165) is 3.92 Å². The normalized spacial score (nSPS) is 34.3. The van der Waals surface area contributed by atoms with E-state index in [2.05, 4.69) is 34.5 Å². The van der Waals surface area contributed by atoms with Crippen LogP contribution in [-0.2, 0) is 0 Å². The molecular formula is C5H10IN. The first kappa shape index (κ1) is 5.82. The molecule has 0 aromatic heterocycles. The van der Waals surface area contributed by atoms with Crippen LogP contribution in [0.3, 0.4) is 0 Å². The molecule has 42 valence electrons. The van der Waals surface area contributed by atoms with Crippen molar-refractivity contribution in [1.29, 1.82) is 0 Å². The largest absolute Gasteiger partial charge is 0.305 e. The van der Waals surface area contributed by atoms with Gasteiger partial charge in [0.2, 0.25) is 0 Å². The van der Waals surface area contributed by atoms with E-state index in [-0.39, 0.29) is 0 Å². The van der Waals surface area contributed by atoms with Gasteiger partial charge in [0.05, 0.1) is 0 Å². The number of likely N-dealkylation sites (tertiary alicyclic amines) is 1. The van der Waals surface area contributed by atoms with Gasteiger partial charge in [0, 0.05) is 10.5 Å². The number of halogens is 1. The Balaban J connectivity index is 2.26. The van der Waals surface area contributed by atoms with Crippen LogP contribution < -0.4 is 0 Å². The number of nitrogens with zero attached hydrogens (tertiary/aromatic N) is 1. The van der Waals surface area contributed by atoms with Crippen LogP contribution in [0.2, 0.25) is 0 Å². The SMILES string of the molecule is CN1CC[C@H](I)C1. The Morgan fingerprint density at radius 2 is 2.43 bits per heavy atom. The number of hydrogen-bond acceptors (Lipinski definition) is 1. The van der Waals surface area contributed by atoms with Crippen molar-refractivity contribution in [3.8, 4) is 0 Å². The van der Waals surface area contributed by atoms with Gasteiger partial charge in [-0.2, -0.15) is 0 Å². The summed E-state index contributed by atoms with van der Waals surface area (Å²) in [4.78, 5) is 2.37. The molecule has 0 radical (unpaired) electrons. The highest BCUT2D eigenvalue weighted by molar-refractivity contribution is 14.1. The second-order valence-electron chi connectivity index (χ2n) is 2.15. The van der Waals surface area contributed by atoms with Crippen LogP contribution in [0.5, 0.6) is 0 Å². The van der Waals surface area contributed by atoms with Crippen LogP contribution in [-0.4, -0.2) is 29.0 Å². The number of alkyl halides is 1. The van der Waals surface area contributed by atoms with Gasteiger partial charge >= 0.3 is 0 Å². The molecule has 1 heterocycles. The van der Waals surface area contributed by atoms with E-state index in [0.29, 0.717) is 0 Å². The predicted octanol–water partition coefficient (Wildman–Crippen LogP) is 1.13. The summed E-state index contributed by atoms with van der Waals surface area (Å²) in [5, 5.41) is 0. The molecule has 0 bridgehead atoms. The fraction of sp³-hybridized carbons (Fsp3) is 1.00. The molecule has 0 N–H and O–H groups in total. The highest BCUT2D eigenvalue weighted by Gasteiger charge is 2.14. The maximum atomic E-state index is 2.51. The van der Waals surface area contributed by atoms with Crippen molar-refractivity contribution < 1.29 is 0 Å². The summed E-state index contributed by atoms with van der Waals surface area (Å²) in [7, 11) is 2.18. The van der Waals surface area contributed by atoms with E-state index in [1.807, 2.05) is 0 Å². The molecule has 0 unspecified atom stereocenters. The quantitative estimate of drug-likeness (QED) is 0.428. The van der Waals surface area contributed by atoms with Crippen molar-refractivity contribution in [3.63, 3.8) is 0 Å². The van der Waals surface area contributed by atoms with E-state index in [4.69, 9.17) is 0 Å². The summed E-state index contributed by atoms with van der Waals surface area (Å²) < 4.78 is 0.919. The summed E-state index contributed by atoms with van der Waals surface area (Å²) in [6.45, 7) is 2.59. The first-order chi connectivity index (χ1) is 3.29.